The van der Waals surface area contributed by atoms with E-state index in [1.165, 1.54) is 13.1 Å². The van der Waals surface area contributed by atoms with Crippen LogP contribution in [0.1, 0.15) is 22.8 Å². The van der Waals surface area contributed by atoms with Gasteiger partial charge in [-0.15, -0.1) is 0 Å². The van der Waals surface area contributed by atoms with Crippen LogP contribution in [0.5, 0.6) is 0 Å². The Labute approximate surface area is 121 Å². The van der Waals surface area contributed by atoms with Crippen molar-refractivity contribution in [2.75, 3.05) is 5.32 Å². The topological polar surface area (TPSA) is 83.5 Å². The number of amides is 2. The minimum absolute atomic E-state index is 0.124. The van der Waals surface area contributed by atoms with Crippen LogP contribution >= 0.6 is 0 Å². The number of rotatable bonds is 4. The van der Waals surface area contributed by atoms with Gasteiger partial charge in [-0.05, 0) is 29.8 Å². The summed E-state index contributed by atoms with van der Waals surface area (Å²) in [4.78, 5) is 26.4. The Morgan fingerprint density at radius 3 is 2.38 bits per heavy atom. The monoisotopic (exact) mass is 282 g/mol. The van der Waals surface area contributed by atoms with Crippen molar-refractivity contribution in [3.63, 3.8) is 0 Å². The number of pyridine rings is 1. The van der Waals surface area contributed by atoms with Crippen LogP contribution in [0.3, 0.4) is 0 Å². The van der Waals surface area contributed by atoms with Crippen LogP contribution in [0, 0.1) is 0 Å². The largest absolute Gasteiger partial charge is 0.326 e. The van der Waals surface area contributed by atoms with Crippen molar-refractivity contribution in [3.8, 4) is 0 Å². The second kappa shape index (κ2) is 6.95. The Hall–Kier alpha value is -3.02. The quantitative estimate of drug-likeness (QED) is 0.662. The second-order valence-electron chi connectivity index (χ2n) is 4.24. The lowest BCUT2D eigenvalue weighted by atomic mass is 10.2. The molecular weight excluding hydrogens is 268 g/mol. The van der Waals surface area contributed by atoms with Gasteiger partial charge < -0.3 is 5.32 Å². The van der Waals surface area contributed by atoms with Crippen molar-refractivity contribution in [3.05, 3.63) is 59.9 Å². The van der Waals surface area contributed by atoms with Gasteiger partial charge in [-0.25, -0.2) is 5.43 Å². The van der Waals surface area contributed by atoms with E-state index >= 15 is 0 Å². The third kappa shape index (κ3) is 4.54. The molecule has 0 atom stereocenters. The van der Waals surface area contributed by atoms with Gasteiger partial charge >= 0.3 is 0 Å². The van der Waals surface area contributed by atoms with Crippen molar-refractivity contribution in [1.82, 2.24) is 10.4 Å². The van der Waals surface area contributed by atoms with Crippen molar-refractivity contribution in [2.45, 2.75) is 6.92 Å². The van der Waals surface area contributed by atoms with Crippen LogP contribution < -0.4 is 10.7 Å². The lowest BCUT2D eigenvalue weighted by Crippen LogP contribution is -2.17. The van der Waals surface area contributed by atoms with Crippen molar-refractivity contribution < 1.29 is 9.59 Å². The predicted octanol–water partition coefficient (Wildman–Crippen LogP) is 1.80. The minimum atomic E-state index is -0.302. The predicted molar refractivity (Wildman–Crippen MR) is 80.0 cm³/mol. The van der Waals surface area contributed by atoms with Gasteiger partial charge in [0.05, 0.1) is 6.21 Å². The molecule has 1 aromatic carbocycles. The number of hydrazone groups is 1. The first-order valence-electron chi connectivity index (χ1n) is 6.26. The molecule has 0 unspecified atom stereocenters. The number of carbonyl (C=O) groups excluding carboxylic acids is 2. The molecular formula is C15H14N4O2. The number of nitrogens with one attached hydrogen (secondary N) is 2. The Morgan fingerprint density at radius 1 is 1.10 bits per heavy atom. The summed E-state index contributed by atoms with van der Waals surface area (Å²) in [5, 5.41) is 6.54. The summed E-state index contributed by atoms with van der Waals surface area (Å²) in [5.41, 5.74) is 4.43. The lowest BCUT2D eigenvalue weighted by Gasteiger charge is -2.02. The number of anilines is 1. The van der Waals surface area contributed by atoms with E-state index in [9.17, 15) is 9.59 Å². The second-order valence-corrected chi connectivity index (χ2v) is 4.24. The molecule has 0 bridgehead atoms. The standard InChI is InChI=1S/C15H14N4O2/c1-11(20)18-14-4-2-12(3-5-14)10-17-19-15(21)13-6-8-16-9-7-13/h2-10H,1H3,(H,18,20)(H,19,21)/b17-10+. The number of aromatic nitrogens is 1. The van der Waals surface area contributed by atoms with Crippen LogP contribution in [0.15, 0.2) is 53.9 Å². The summed E-state index contributed by atoms with van der Waals surface area (Å²) in [5.74, 6) is -0.426. The smallest absolute Gasteiger partial charge is 0.271 e. The van der Waals surface area contributed by atoms with Crippen LogP contribution in [0.2, 0.25) is 0 Å². The van der Waals surface area contributed by atoms with Gasteiger partial charge in [-0.1, -0.05) is 12.1 Å². The van der Waals surface area contributed by atoms with E-state index in [4.69, 9.17) is 0 Å². The molecule has 6 nitrogen and oxygen atoms in total. The molecule has 0 spiro atoms. The van der Waals surface area contributed by atoms with Gasteiger partial charge in [0, 0.05) is 30.6 Å². The summed E-state index contributed by atoms with van der Waals surface area (Å²) in [6, 6.07) is 10.3. The van der Waals surface area contributed by atoms with E-state index in [1.807, 2.05) is 0 Å². The Kier molecular flexibility index (Phi) is 4.76. The summed E-state index contributed by atoms with van der Waals surface area (Å²) < 4.78 is 0. The van der Waals surface area contributed by atoms with Gasteiger partial charge in [0.15, 0.2) is 0 Å². The highest BCUT2D eigenvalue weighted by molar-refractivity contribution is 5.94. The van der Waals surface area contributed by atoms with Crippen molar-refractivity contribution in [2.24, 2.45) is 5.10 Å². The first-order chi connectivity index (χ1) is 10.1. The van der Waals surface area contributed by atoms with E-state index in [0.29, 0.717) is 11.3 Å². The van der Waals surface area contributed by atoms with Gasteiger partial charge in [0.2, 0.25) is 5.91 Å². The number of nitrogens with zero attached hydrogens (tertiary/aromatic N) is 2. The molecule has 6 heteroatoms. The maximum Gasteiger partial charge on any atom is 0.271 e. The minimum Gasteiger partial charge on any atom is -0.326 e. The molecule has 0 aliphatic heterocycles. The van der Waals surface area contributed by atoms with Crippen molar-refractivity contribution in [1.29, 1.82) is 0 Å². The first-order valence-corrected chi connectivity index (χ1v) is 6.26. The molecule has 0 saturated carbocycles. The van der Waals surface area contributed by atoms with E-state index < -0.39 is 0 Å². The van der Waals surface area contributed by atoms with Crippen LogP contribution in [0.25, 0.3) is 0 Å². The molecule has 2 amide bonds. The van der Waals surface area contributed by atoms with Crippen LogP contribution in [-0.4, -0.2) is 23.0 Å². The summed E-state index contributed by atoms with van der Waals surface area (Å²) >= 11 is 0. The highest BCUT2D eigenvalue weighted by Crippen LogP contribution is 2.07. The Bertz CT molecular complexity index is 651. The van der Waals surface area contributed by atoms with E-state index in [2.05, 4.69) is 20.8 Å². The van der Waals surface area contributed by atoms with Crippen LogP contribution in [-0.2, 0) is 4.79 Å². The van der Waals surface area contributed by atoms with Crippen molar-refractivity contribution >= 4 is 23.7 Å². The average Bonchev–Trinajstić information content (AvgIpc) is 2.49. The Balaban J connectivity index is 1.92. The number of carbonyl (C=O) groups is 2. The fraction of sp³-hybridized carbons (Fsp3) is 0.0667. The van der Waals surface area contributed by atoms with E-state index in [-0.39, 0.29) is 11.8 Å². The SMILES string of the molecule is CC(=O)Nc1ccc(/C=N/NC(=O)c2ccncc2)cc1. The highest BCUT2D eigenvalue weighted by atomic mass is 16.2. The summed E-state index contributed by atoms with van der Waals surface area (Å²) in [6.45, 7) is 1.45. The molecule has 0 radical (unpaired) electrons. The van der Waals surface area contributed by atoms with Gasteiger partial charge in [-0.3, -0.25) is 14.6 Å². The van der Waals surface area contributed by atoms with Gasteiger partial charge in [0.1, 0.15) is 0 Å². The summed E-state index contributed by atoms with van der Waals surface area (Å²) in [6.07, 6.45) is 4.61. The highest BCUT2D eigenvalue weighted by Gasteiger charge is 2.01. The average molecular weight is 282 g/mol. The normalized spacial score (nSPS) is 10.3. The molecule has 1 heterocycles. The van der Waals surface area contributed by atoms with Gasteiger partial charge in [0.25, 0.3) is 5.91 Å². The zero-order chi connectivity index (χ0) is 15.1. The molecule has 2 aromatic rings. The maximum atomic E-state index is 11.7. The molecule has 0 saturated heterocycles. The fourth-order valence-corrected chi connectivity index (χ4v) is 1.59. The first kappa shape index (κ1) is 14.4. The molecule has 2 N–H and O–H groups in total. The Morgan fingerprint density at radius 2 is 1.76 bits per heavy atom. The summed E-state index contributed by atoms with van der Waals surface area (Å²) in [7, 11) is 0. The molecule has 1 aromatic heterocycles. The molecule has 21 heavy (non-hydrogen) atoms. The van der Waals surface area contributed by atoms with E-state index in [0.717, 1.165) is 5.56 Å². The molecule has 106 valence electrons. The number of hydrogen-bond donors (Lipinski definition) is 2. The zero-order valence-electron chi connectivity index (χ0n) is 11.4. The molecule has 0 aliphatic carbocycles. The maximum absolute atomic E-state index is 11.7. The lowest BCUT2D eigenvalue weighted by molar-refractivity contribution is -0.114. The third-order valence-electron chi connectivity index (χ3n) is 2.55. The molecule has 2 rings (SSSR count). The van der Waals surface area contributed by atoms with Crippen LogP contribution in [0.4, 0.5) is 5.69 Å². The number of benzene rings is 1. The zero-order valence-corrected chi connectivity index (χ0v) is 11.4. The number of hydrogen-bond acceptors (Lipinski definition) is 4. The van der Waals surface area contributed by atoms with E-state index in [1.54, 1.807) is 48.8 Å². The third-order valence-corrected chi connectivity index (χ3v) is 2.55. The van der Waals surface area contributed by atoms with Gasteiger partial charge in [-0.2, -0.15) is 5.10 Å². The molecule has 0 aliphatic rings. The fourth-order valence-electron chi connectivity index (χ4n) is 1.59. The molecule has 0 fully saturated rings.